The fourth-order valence-corrected chi connectivity index (χ4v) is 5.20. The van der Waals surface area contributed by atoms with Crippen LogP contribution in [0, 0.1) is 6.92 Å². The highest BCUT2D eigenvalue weighted by atomic mass is 32.2. The van der Waals surface area contributed by atoms with Crippen molar-refractivity contribution in [1.29, 1.82) is 0 Å². The van der Waals surface area contributed by atoms with E-state index in [0.717, 1.165) is 37.9 Å². The van der Waals surface area contributed by atoms with Crippen molar-refractivity contribution in [2.45, 2.75) is 81.7 Å². The van der Waals surface area contributed by atoms with Crippen LogP contribution in [0.2, 0.25) is 0 Å². The van der Waals surface area contributed by atoms with Crippen LogP contribution in [0.4, 0.5) is 0 Å². The first-order valence-electron chi connectivity index (χ1n) is 11.7. The molecule has 16 heteroatoms. The van der Waals surface area contributed by atoms with E-state index in [-0.39, 0.29) is 4.90 Å². The molecule has 0 N–H and O–H groups in total. The Morgan fingerprint density at radius 1 is 0.846 bits per heavy atom. The molecule has 1 aliphatic rings. The maximum atomic E-state index is 13.3. The summed E-state index contributed by atoms with van der Waals surface area (Å²) in [6.45, 7) is 5.39. The highest BCUT2D eigenvalue weighted by Gasteiger charge is 2.52. The summed E-state index contributed by atoms with van der Waals surface area (Å²) in [5.74, 6) is -3.04. The Labute approximate surface area is 223 Å². The van der Waals surface area contributed by atoms with Crippen molar-refractivity contribution in [2.24, 2.45) is 0 Å². The molecule has 0 radical (unpaired) electrons. The maximum Gasteiger partial charge on any atom is 0.303 e. The Hall–Kier alpha value is -3.92. The van der Waals surface area contributed by atoms with E-state index >= 15 is 0 Å². The number of benzene rings is 1. The molecule has 1 aromatic carbocycles. The van der Waals surface area contributed by atoms with Gasteiger partial charge in [-0.15, -0.1) is 0 Å². The molecule has 2 aromatic rings. The van der Waals surface area contributed by atoms with Gasteiger partial charge in [-0.05, 0) is 29.5 Å². The minimum Gasteiger partial charge on any atom is -0.463 e. The summed E-state index contributed by atoms with van der Waals surface area (Å²) < 4.78 is 54.7. The molecule has 0 aliphatic carbocycles. The SMILES string of the molecule is CC(=O)OC[C@H]1O[C@@H](Cn2nnnc2S(=O)(=O)c2ccc(C)cc2)[C@H](OC(C)=O)[C@@H](OC(C)=O)[C@H]1OC(C)=O. The number of hydrogen-bond acceptors (Lipinski definition) is 14. The van der Waals surface area contributed by atoms with Crippen LogP contribution in [-0.2, 0) is 59.2 Å². The monoisotopic (exact) mass is 568 g/mol. The molecule has 0 saturated carbocycles. The molecule has 0 spiro atoms. The Morgan fingerprint density at radius 3 is 1.92 bits per heavy atom. The van der Waals surface area contributed by atoms with E-state index in [1.54, 1.807) is 19.1 Å². The molecule has 1 fully saturated rings. The number of aromatic nitrogens is 4. The molecular formula is C23H28N4O11S. The largest absolute Gasteiger partial charge is 0.463 e. The predicted octanol–water partition coefficient (Wildman–Crippen LogP) is -0.0601. The number of ether oxygens (including phenoxy) is 5. The highest BCUT2D eigenvalue weighted by Crippen LogP contribution is 2.31. The number of esters is 4. The molecule has 3 rings (SSSR count). The van der Waals surface area contributed by atoms with E-state index < -0.39 is 82.5 Å². The summed E-state index contributed by atoms with van der Waals surface area (Å²) in [5, 5.41) is 10.4. The summed E-state index contributed by atoms with van der Waals surface area (Å²) in [6, 6.07) is 6.02. The van der Waals surface area contributed by atoms with Gasteiger partial charge in [-0.1, -0.05) is 22.8 Å². The lowest BCUT2D eigenvalue weighted by Crippen LogP contribution is -2.63. The molecule has 15 nitrogen and oxygen atoms in total. The average molecular weight is 569 g/mol. The third-order valence-corrected chi connectivity index (χ3v) is 7.18. The fraction of sp³-hybridized carbons (Fsp3) is 0.522. The number of hydrogen-bond donors (Lipinski definition) is 0. The van der Waals surface area contributed by atoms with Gasteiger partial charge in [0.1, 0.15) is 18.8 Å². The van der Waals surface area contributed by atoms with Gasteiger partial charge in [0.2, 0.25) is 9.84 Å². The van der Waals surface area contributed by atoms with Gasteiger partial charge in [-0.25, -0.2) is 13.1 Å². The van der Waals surface area contributed by atoms with Crippen molar-refractivity contribution in [3.8, 4) is 0 Å². The number of carbonyl (C=O) groups excluding carboxylic acids is 4. The molecular weight excluding hydrogens is 540 g/mol. The average Bonchev–Trinajstić information content (AvgIpc) is 3.30. The molecule has 1 aromatic heterocycles. The summed E-state index contributed by atoms with van der Waals surface area (Å²) in [4.78, 5) is 47.3. The summed E-state index contributed by atoms with van der Waals surface area (Å²) in [7, 11) is -4.19. The number of sulfone groups is 1. The van der Waals surface area contributed by atoms with Crippen LogP contribution < -0.4 is 0 Å². The van der Waals surface area contributed by atoms with E-state index in [1.807, 2.05) is 0 Å². The van der Waals surface area contributed by atoms with Gasteiger partial charge < -0.3 is 23.7 Å². The zero-order valence-corrected chi connectivity index (χ0v) is 22.6. The Balaban J connectivity index is 2.04. The predicted molar refractivity (Wildman–Crippen MR) is 126 cm³/mol. The lowest BCUT2D eigenvalue weighted by molar-refractivity contribution is -0.254. The first kappa shape index (κ1) is 29.6. The van der Waals surface area contributed by atoms with Crippen molar-refractivity contribution in [3.05, 3.63) is 29.8 Å². The molecule has 0 unspecified atom stereocenters. The smallest absolute Gasteiger partial charge is 0.303 e. The Kier molecular flexibility index (Phi) is 9.34. The third-order valence-electron chi connectivity index (χ3n) is 5.51. The van der Waals surface area contributed by atoms with Gasteiger partial charge in [0, 0.05) is 27.7 Å². The second-order valence-corrected chi connectivity index (χ2v) is 10.5. The van der Waals surface area contributed by atoms with Crippen molar-refractivity contribution in [2.75, 3.05) is 6.61 Å². The summed E-state index contributed by atoms with van der Waals surface area (Å²) >= 11 is 0. The van der Waals surface area contributed by atoms with Gasteiger partial charge >= 0.3 is 23.9 Å². The van der Waals surface area contributed by atoms with Crippen molar-refractivity contribution >= 4 is 33.7 Å². The summed E-state index contributed by atoms with van der Waals surface area (Å²) in [5.41, 5.74) is 0.839. The molecule has 0 bridgehead atoms. The van der Waals surface area contributed by atoms with E-state index in [9.17, 15) is 27.6 Å². The molecule has 1 saturated heterocycles. The molecule has 212 valence electrons. The van der Waals surface area contributed by atoms with Gasteiger partial charge in [0.15, 0.2) is 18.3 Å². The normalized spacial score (nSPS) is 22.9. The Bertz CT molecular complexity index is 1330. The van der Waals surface area contributed by atoms with E-state index in [0.29, 0.717) is 0 Å². The van der Waals surface area contributed by atoms with Crippen LogP contribution in [0.15, 0.2) is 34.3 Å². The van der Waals surface area contributed by atoms with Crippen molar-refractivity contribution in [1.82, 2.24) is 20.2 Å². The standard InChI is InChI=1S/C23H28N4O11S/c1-12-6-8-17(9-7-12)39(32,33)23-24-25-26-27(23)10-18-20(35-14(3)29)22(37-16(5)31)21(36-15(4)30)19(38-18)11-34-13(2)28/h6-9,18-22H,10-11H2,1-5H3/t18-,19+,20-,21-,22+/m0/s1. The van der Waals surface area contributed by atoms with Crippen LogP contribution >= 0.6 is 0 Å². The maximum absolute atomic E-state index is 13.3. The van der Waals surface area contributed by atoms with Crippen LogP contribution in [0.3, 0.4) is 0 Å². The number of carbonyl (C=O) groups is 4. The van der Waals surface area contributed by atoms with Gasteiger partial charge in [0.05, 0.1) is 11.4 Å². The molecule has 39 heavy (non-hydrogen) atoms. The number of nitrogens with zero attached hydrogens (tertiary/aromatic N) is 4. The van der Waals surface area contributed by atoms with E-state index in [4.69, 9.17) is 23.7 Å². The second kappa shape index (κ2) is 12.3. The van der Waals surface area contributed by atoms with Gasteiger partial charge in [0.25, 0.3) is 5.16 Å². The number of tetrazole rings is 1. The van der Waals surface area contributed by atoms with Gasteiger partial charge in [-0.3, -0.25) is 19.2 Å². The first-order valence-corrected chi connectivity index (χ1v) is 13.2. The lowest BCUT2D eigenvalue weighted by atomic mass is 9.94. The van der Waals surface area contributed by atoms with Crippen LogP contribution in [-0.4, -0.2) is 89.6 Å². The topological polar surface area (TPSA) is 192 Å². The zero-order chi connectivity index (χ0) is 28.9. The minimum atomic E-state index is -4.19. The highest BCUT2D eigenvalue weighted by molar-refractivity contribution is 7.91. The second-order valence-electron chi connectivity index (χ2n) is 8.70. The third kappa shape index (κ3) is 7.35. The van der Waals surface area contributed by atoms with Crippen LogP contribution in [0.1, 0.15) is 33.3 Å². The zero-order valence-electron chi connectivity index (χ0n) is 21.8. The van der Waals surface area contributed by atoms with Crippen molar-refractivity contribution < 1.29 is 51.3 Å². The minimum absolute atomic E-state index is 0.0642. The summed E-state index contributed by atoms with van der Waals surface area (Å²) in [6.07, 6.45) is -6.61. The molecule has 2 heterocycles. The molecule has 0 amide bonds. The van der Waals surface area contributed by atoms with Crippen LogP contribution in [0.25, 0.3) is 0 Å². The number of aryl methyl sites for hydroxylation is 1. The van der Waals surface area contributed by atoms with Crippen molar-refractivity contribution in [3.63, 3.8) is 0 Å². The fourth-order valence-electron chi connectivity index (χ4n) is 3.96. The molecule has 5 atom stereocenters. The van der Waals surface area contributed by atoms with E-state index in [1.165, 1.54) is 12.1 Å². The Morgan fingerprint density at radius 2 is 1.38 bits per heavy atom. The van der Waals surface area contributed by atoms with Crippen LogP contribution in [0.5, 0.6) is 0 Å². The quantitative estimate of drug-likeness (QED) is 0.288. The first-order chi connectivity index (χ1) is 18.3. The van der Waals surface area contributed by atoms with E-state index in [2.05, 4.69) is 15.5 Å². The molecule has 1 aliphatic heterocycles. The lowest BCUT2D eigenvalue weighted by Gasteiger charge is -2.44. The van der Waals surface area contributed by atoms with Gasteiger partial charge in [-0.2, -0.15) is 0 Å². The number of rotatable bonds is 9.